The largest absolute Gasteiger partial charge is 0.508 e. The maximum atomic E-state index is 12.4. The van der Waals surface area contributed by atoms with Crippen LogP contribution >= 0.6 is 0 Å². The summed E-state index contributed by atoms with van der Waals surface area (Å²) in [5.41, 5.74) is 0.605. The van der Waals surface area contributed by atoms with E-state index >= 15 is 0 Å². The molecule has 5 heteroatoms. The first-order valence-corrected chi connectivity index (χ1v) is 8.01. The van der Waals surface area contributed by atoms with E-state index < -0.39 is 11.7 Å². The number of aliphatic hydroxyl groups excluding tert-OH is 1. The van der Waals surface area contributed by atoms with Crippen molar-refractivity contribution in [3.63, 3.8) is 0 Å². The third-order valence-corrected chi connectivity index (χ3v) is 4.40. The second-order valence-corrected chi connectivity index (χ2v) is 6.65. The van der Waals surface area contributed by atoms with E-state index in [1.807, 2.05) is 0 Å². The number of carbonyl (C=O) groups excluding carboxylic acids is 1. The molecule has 0 spiro atoms. The smallest absolute Gasteiger partial charge is 0.189 e. The Labute approximate surface area is 145 Å². The molecule has 0 amide bonds. The van der Waals surface area contributed by atoms with Gasteiger partial charge in [-0.3, -0.25) is 4.79 Å². The number of ketones is 1. The van der Waals surface area contributed by atoms with Gasteiger partial charge in [0.25, 0.3) is 0 Å². The minimum atomic E-state index is -0.774. The molecule has 0 unspecified atom stereocenters. The number of phenols is 2. The Hall–Kier alpha value is -2.79. The van der Waals surface area contributed by atoms with Crippen LogP contribution in [0.3, 0.4) is 0 Å². The molecule has 3 N–H and O–H groups in total. The molecule has 0 saturated carbocycles. The SMILES string of the molecule is CC1(C)Oc2ccc(C(=O)/C=C/c3ccc(O)cc3)c(O)c2C[C@@H]1O. The van der Waals surface area contributed by atoms with Gasteiger partial charge >= 0.3 is 0 Å². The van der Waals surface area contributed by atoms with E-state index in [0.29, 0.717) is 11.3 Å². The quantitative estimate of drug-likeness (QED) is 0.590. The van der Waals surface area contributed by atoms with Crippen LogP contribution in [0.1, 0.15) is 35.3 Å². The van der Waals surface area contributed by atoms with Gasteiger partial charge in [0.1, 0.15) is 22.8 Å². The molecule has 0 aliphatic carbocycles. The summed E-state index contributed by atoms with van der Waals surface area (Å²) < 4.78 is 5.72. The van der Waals surface area contributed by atoms with Crippen LogP contribution in [0.15, 0.2) is 42.5 Å². The Balaban J connectivity index is 1.87. The molecular formula is C20H20O5. The van der Waals surface area contributed by atoms with E-state index in [4.69, 9.17) is 4.74 Å². The minimum absolute atomic E-state index is 0.150. The summed E-state index contributed by atoms with van der Waals surface area (Å²) in [5, 5.41) is 29.9. The van der Waals surface area contributed by atoms with Gasteiger partial charge in [0.2, 0.25) is 0 Å². The molecule has 2 aromatic rings. The van der Waals surface area contributed by atoms with Gasteiger partial charge in [-0.1, -0.05) is 18.2 Å². The number of fused-ring (bicyclic) bond motifs is 1. The van der Waals surface area contributed by atoms with Crippen molar-refractivity contribution in [2.75, 3.05) is 0 Å². The zero-order chi connectivity index (χ0) is 18.2. The summed E-state index contributed by atoms with van der Waals surface area (Å²) in [7, 11) is 0. The van der Waals surface area contributed by atoms with Gasteiger partial charge in [-0.15, -0.1) is 0 Å². The molecule has 0 radical (unpaired) electrons. The number of rotatable bonds is 3. The first kappa shape index (κ1) is 17.0. The Kier molecular flexibility index (Phi) is 4.27. The summed E-state index contributed by atoms with van der Waals surface area (Å²) in [6.45, 7) is 3.55. The van der Waals surface area contributed by atoms with Crippen molar-refractivity contribution in [3.05, 3.63) is 59.2 Å². The number of allylic oxidation sites excluding steroid dienone is 1. The van der Waals surface area contributed by atoms with E-state index in [2.05, 4.69) is 0 Å². The van der Waals surface area contributed by atoms with Crippen molar-refractivity contribution in [1.29, 1.82) is 0 Å². The molecule has 3 rings (SSSR count). The van der Waals surface area contributed by atoms with Gasteiger partial charge in [-0.25, -0.2) is 0 Å². The summed E-state index contributed by atoms with van der Waals surface area (Å²) in [6, 6.07) is 9.58. The van der Waals surface area contributed by atoms with Crippen LogP contribution in [-0.4, -0.2) is 32.8 Å². The van der Waals surface area contributed by atoms with Gasteiger partial charge < -0.3 is 20.1 Å². The number of aliphatic hydroxyl groups is 1. The van der Waals surface area contributed by atoms with Gasteiger partial charge in [0.05, 0.1) is 11.7 Å². The number of carbonyl (C=O) groups is 1. The molecule has 0 aromatic heterocycles. The average Bonchev–Trinajstić information content (AvgIpc) is 2.56. The zero-order valence-corrected chi connectivity index (χ0v) is 14.1. The molecule has 1 heterocycles. The van der Waals surface area contributed by atoms with Crippen LogP contribution in [-0.2, 0) is 6.42 Å². The van der Waals surface area contributed by atoms with Crippen molar-refractivity contribution in [2.24, 2.45) is 0 Å². The summed E-state index contributed by atoms with van der Waals surface area (Å²) >= 11 is 0. The Bertz CT molecular complexity index is 834. The maximum Gasteiger partial charge on any atom is 0.189 e. The summed E-state index contributed by atoms with van der Waals surface area (Å²) in [5.74, 6) is 0.115. The molecular weight excluding hydrogens is 320 g/mol. The number of aromatic hydroxyl groups is 2. The lowest BCUT2D eigenvalue weighted by molar-refractivity contribution is -0.0417. The molecule has 0 bridgehead atoms. The van der Waals surface area contributed by atoms with E-state index in [9.17, 15) is 20.1 Å². The molecule has 1 atom stereocenters. The van der Waals surface area contributed by atoms with E-state index in [1.165, 1.54) is 24.3 Å². The van der Waals surface area contributed by atoms with Gasteiger partial charge in [0, 0.05) is 12.0 Å². The first-order chi connectivity index (χ1) is 11.8. The van der Waals surface area contributed by atoms with Gasteiger partial charge in [-0.2, -0.15) is 0 Å². The Morgan fingerprint density at radius 1 is 1.16 bits per heavy atom. The van der Waals surface area contributed by atoms with E-state index in [-0.39, 0.29) is 29.3 Å². The van der Waals surface area contributed by atoms with Crippen molar-refractivity contribution in [2.45, 2.75) is 32.0 Å². The Morgan fingerprint density at radius 3 is 2.52 bits per heavy atom. The second-order valence-electron chi connectivity index (χ2n) is 6.65. The van der Waals surface area contributed by atoms with Gasteiger partial charge in [-0.05, 0) is 49.8 Å². The van der Waals surface area contributed by atoms with Crippen LogP contribution in [0, 0.1) is 0 Å². The van der Waals surface area contributed by atoms with Crippen LogP contribution in [0.2, 0.25) is 0 Å². The standard InChI is InChI=1S/C20H20O5/c1-20(2)18(23)11-15-17(25-20)10-8-14(19(15)24)16(22)9-5-12-3-6-13(21)7-4-12/h3-10,18,21,23-24H,11H2,1-2H3/b9-5+/t18-/m0/s1. The zero-order valence-electron chi connectivity index (χ0n) is 14.1. The van der Waals surface area contributed by atoms with Crippen molar-refractivity contribution in [1.82, 2.24) is 0 Å². The molecule has 1 aliphatic rings. The number of phenolic OH excluding ortho intramolecular Hbond substituents is 2. The number of benzene rings is 2. The van der Waals surface area contributed by atoms with Crippen molar-refractivity contribution >= 4 is 11.9 Å². The predicted octanol–water partition coefficient (Wildman–Crippen LogP) is 3.07. The predicted molar refractivity (Wildman–Crippen MR) is 94.0 cm³/mol. The highest BCUT2D eigenvalue weighted by molar-refractivity contribution is 6.09. The number of ether oxygens (including phenoxy) is 1. The molecule has 5 nitrogen and oxygen atoms in total. The normalized spacial score (nSPS) is 18.6. The van der Waals surface area contributed by atoms with E-state index in [1.54, 1.807) is 38.1 Å². The lowest BCUT2D eigenvalue weighted by Crippen LogP contribution is -2.46. The second kappa shape index (κ2) is 6.26. The van der Waals surface area contributed by atoms with Crippen LogP contribution < -0.4 is 4.74 Å². The minimum Gasteiger partial charge on any atom is -0.508 e. The third kappa shape index (κ3) is 3.37. The van der Waals surface area contributed by atoms with Crippen molar-refractivity contribution < 1.29 is 24.9 Å². The lowest BCUT2D eigenvalue weighted by Gasteiger charge is -2.37. The molecule has 1 aliphatic heterocycles. The van der Waals surface area contributed by atoms with E-state index in [0.717, 1.165) is 5.56 Å². The highest BCUT2D eigenvalue weighted by atomic mass is 16.5. The maximum absolute atomic E-state index is 12.4. The Morgan fingerprint density at radius 2 is 1.84 bits per heavy atom. The fraction of sp³-hybridized carbons (Fsp3) is 0.250. The van der Waals surface area contributed by atoms with Crippen LogP contribution in [0.25, 0.3) is 6.08 Å². The molecule has 2 aromatic carbocycles. The molecule has 25 heavy (non-hydrogen) atoms. The lowest BCUT2D eigenvalue weighted by atomic mass is 9.89. The molecule has 0 saturated heterocycles. The van der Waals surface area contributed by atoms with Crippen LogP contribution in [0.5, 0.6) is 17.2 Å². The monoisotopic (exact) mass is 340 g/mol. The van der Waals surface area contributed by atoms with Gasteiger partial charge in [0.15, 0.2) is 5.78 Å². The fourth-order valence-electron chi connectivity index (χ4n) is 2.75. The molecule has 0 fully saturated rings. The number of hydrogen-bond acceptors (Lipinski definition) is 5. The topological polar surface area (TPSA) is 87.0 Å². The summed E-state index contributed by atoms with van der Waals surface area (Å²) in [6.07, 6.45) is 2.41. The fourth-order valence-corrected chi connectivity index (χ4v) is 2.75. The van der Waals surface area contributed by atoms with Crippen molar-refractivity contribution in [3.8, 4) is 17.2 Å². The molecule has 130 valence electrons. The highest BCUT2D eigenvalue weighted by Crippen LogP contribution is 2.40. The van der Waals surface area contributed by atoms with Crippen LogP contribution in [0.4, 0.5) is 0 Å². The first-order valence-electron chi connectivity index (χ1n) is 8.01. The summed E-state index contributed by atoms with van der Waals surface area (Å²) in [4.78, 5) is 12.4. The third-order valence-electron chi connectivity index (χ3n) is 4.40. The average molecular weight is 340 g/mol. The highest BCUT2D eigenvalue weighted by Gasteiger charge is 2.37. The number of hydrogen-bond donors (Lipinski definition) is 3.